The standard InChI is InChI=1S/C46H85NO2/c1-3-5-7-9-11-13-15-17-19-21-23-25-27-29-31-33-35-37-39-48-43-45-41-47-42-46(45)44-49-40-38-36-34-32-30-28-26-24-22-20-18-16-14-12-10-8-6-4-2/h11-14,17-20,45-47H,3-10,15-16,21-44H2,1-2H3/t45-,46-/m0/s1. The highest BCUT2D eigenvalue weighted by Gasteiger charge is 2.27. The Balaban J connectivity index is 1.80. The summed E-state index contributed by atoms with van der Waals surface area (Å²) in [5, 5.41) is 3.57. The van der Waals surface area contributed by atoms with Crippen molar-refractivity contribution < 1.29 is 9.47 Å². The van der Waals surface area contributed by atoms with Crippen LogP contribution >= 0.6 is 0 Å². The summed E-state index contributed by atoms with van der Waals surface area (Å²) in [6.45, 7) is 10.4. The monoisotopic (exact) mass is 684 g/mol. The molecule has 1 aliphatic heterocycles. The van der Waals surface area contributed by atoms with E-state index >= 15 is 0 Å². The summed E-state index contributed by atoms with van der Waals surface area (Å²) < 4.78 is 12.2. The second-order valence-electron chi connectivity index (χ2n) is 14.9. The minimum Gasteiger partial charge on any atom is -0.381 e. The second kappa shape index (κ2) is 39.6. The maximum Gasteiger partial charge on any atom is 0.0510 e. The molecule has 2 atom stereocenters. The molecular weight excluding hydrogens is 599 g/mol. The second-order valence-corrected chi connectivity index (χ2v) is 14.9. The highest BCUT2D eigenvalue weighted by atomic mass is 16.5. The summed E-state index contributed by atoms with van der Waals surface area (Å²) in [7, 11) is 0. The first-order chi connectivity index (χ1) is 24.4. The number of nitrogens with one attached hydrogen (secondary N) is 1. The first-order valence-corrected chi connectivity index (χ1v) is 21.8. The van der Waals surface area contributed by atoms with Crippen molar-refractivity contribution in [3.8, 4) is 0 Å². The van der Waals surface area contributed by atoms with Crippen molar-refractivity contribution in [3.05, 3.63) is 48.6 Å². The Morgan fingerprint density at radius 2 is 0.694 bits per heavy atom. The molecule has 1 rings (SSSR count). The van der Waals surface area contributed by atoms with Gasteiger partial charge in [0.1, 0.15) is 0 Å². The lowest BCUT2D eigenvalue weighted by Crippen LogP contribution is -2.23. The Hall–Kier alpha value is -1.16. The van der Waals surface area contributed by atoms with Crippen molar-refractivity contribution in [2.24, 2.45) is 11.8 Å². The van der Waals surface area contributed by atoms with Crippen LogP contribution in [0.4, 0.5) is 0 Å². The van der Waals surface area contributed by atoms with E-state index in [1.807, 2.05) is 0 Å². The van der Waals surface area contributed by atoms with Gasteiger partial charge in [0.2, 0.25) is 0 Å². The fourth-order valence-corrected chi connectivity index (χ4v) is 6.74. The third-order valence-corrected chi connectivity index (χ3v) is 10.1. The SMILES string of the molecule is CCCCCC=CCC=CCCCCCCCCCCOC[C@@H]1CNC[C@H]1COCCCCCCCCCCC=CCC=CCCCCC. The van der Waals surface area contributed by atoms with Crippen molar-refractivity contribution in [1.82, 2.24) is 5.32 Å². The number of allylic oxidation sites excluding steroid dienone is 8. The van der Waals surface area contributed by atoms with Crippen LogP contribution in [0.1, 0.15) is 194 Å². The first kappa shape index (κ1) is 45.9. The summed E-state index contributed by atoms with van der Waals surface area (Å²) in [4.78, 5) is 0. The maximum atomic E-state index is 6.11. The fourth-order valence-electron chi connectivity index (χ4n) is 6.74. The minimum atomic E-state index is 0.620. The largest absolute Gasteiger partial charge is 0.381 e. The molecule has 49 heavy (non-hydrogen) atoms. The van der Waals surface area contributed by atoms with E-state index in [1.165, 1.54) is 167 Å². The zero-order chi connectivity index (χ0) is 35.0. The van der Waals surface area contributed by atoms with E-state index in [-0.39, 0.29) is 0 Å². The summed E-state index contributed by atoms with van der Waals surface area (Å²) in [5.74, 6) is 1.24. The number of hydrogen-bond donors (Lipinski definition) is 1. The molecule has 1 aliphatic rings. The van der Waals surface area contributed by atoms with Gasteiger partial charge in [-0.15, -0.1) is 0 Å². The van der Waals surface area contributed by atoms with Crippen LogP contribution in [0.25, 0.3) is 0 Å². The molecule has 286 valence electrons. The normalized spacial score (nSPS) is 16.9. The number of unbranched alkanes of at least 4 members (excludes halogenated alkanes) is 22. The van der Waals surface area contributed by atoms with Crippen molar-refractivity contribution in [2.45, 2.75) is 194 Å². The molecule has 0 unspecified atom stereocenters. The predicted molar refractivity (Wildman–Crippen MR) is 219 cm³/mol. The lowest BCUT2D eigenvalue weighted by Gasteiger charge is -2.18. The van der Waals surface area contributed by atoms with Gasteiger partial charge >= 0.3 is 0 Å². The Labute approximate surface area is 307 Å². The Morgan fingerprint density at radius 1 is 0.388 bits per heavy atom. The molecule has 1 fully saturated rings. The first-order valence-electron chi connectivity index (χ1n) is 21.8. The lowest BCUT2D eigenvalue weighted by atomic mass is 9.98. The van der Waals surface area contributed by atoms with Crippen LogP contribution in [0.5, 0.6) is 0 Å². The van der Waals surface area contributed by atoms with Gasteiger partial charge in [0.15, 0.2) is 0 Å². The third kappa shape index (κ3) is 33.7. The average molecular weight is 684 g/mol. The van der Waals surface area contributed by atoms with Gasteiger partial charge in [0.05, 0.1) is 13.2 Å². The van der Waals surface area contributed by atoms with Gasteiger partial charge in [-0.2, -0.15) is 0 Å². The molecule has 3 heteroatoms. The van der Waals surface area contributed by atoms with E-state index in [4.69, 9.17) is 9.47 Å². The number of rotatable bonds is 38. The van der Waals surface area contributed by atoms with E-state index in [2.05, 4.69) is 67.8 Å². The molecule has 0 aromatic rings. The summed E-state index contributed by atoms with van der Waals surface area (Å²) in [6, 6.07) is 0. The molecule has 0 radical (unpaired) electrons. The molecule has 0 saturated carbocycles. The molecule has 0 bridgehead atoms. The molecule has 1 saturated heterocycles. The zero-order valence-corrected chi connectivity index (χ0v) is 33.1. The van der Waals surface area contributed by atoms with Gasteiger partial charge in [-0.05, 0) is 77.0 Å². The zero-order valence-electron chi connectivity index (χ0n) is 33.1. The van der Waals surface area contributed by atoms with Gasteiger partial charge in [0.25, 0.3) is 0 Å². The van der Waals surface area contributed by atoms with Gasteiger partial charge in [-0.3, -0.25) is 0 Å². The molecule has 1 heterocycles. The minimum absolute atomic E-state index is 0.620. The van der Waals surface area contributed by atoms with Gasteiger partial charge in [-0.1, -0.05) is 165 Å². The van der Waals surface area contributed by atoms with Crippen molar-refractivity contribution in [3.63, 3.8) is 0 Å². The summed E-state index contributed by atoms with van der Waals surface area (Å²) >= 11 is 0. The van der Waals surface area contributed by atoms with Crippen molar-refractivity contribution >= 4 is 0 Å². The fraction of sp³-hybridized carbons (Fsp3) is 0.826. The summed E-state index contributed by atoms with van der Waals surface area (Å²) in [5.41, 5.74) is 0. The van der Waals surface area contributed by atoms with Crippen LogP contribution in [0.15, 0.2) is 48.6 Å². The molecule has 0 aliphatic carbocycles. The van der Waals surface area contributed by atoms with Crippen LogP contribution < -0.4 is 5.32 Å². The average Bonchev–Trinajstić information content (AvgIpc) is 3.57. The number of ether oxygens (including phenoxy) is 2. The number of hydrogen-bond acceptors (Lipinski definition) is 3. The molecule has 0 amide bonds. The van der Waals surface area contributed by atoms with Crippen LogP contribution in [0.3, 0.4) is 0 Å². The van der Waals surface area contributed by atoms with Crippen molar-refractivity contribution in [1.29, 1.82) is 0 Å². The molecule has 0 aromatic carbocycles. The van der Waals surface area contributed by atoms with E-state index in [0.29, 0.717) is 11.8 Å². The molecule has 3 nitrogen and oxygen atoms in total. The highest BCUT2D eigenvalue weighted by Crippen LogP contribution is 2.19. The van der Waals surface area contributed by atoms with Gasteiger partial charge in [-0.25, -0.2) is 0 Å². The van der Waals surface area contributed by atoms with E-state index < -0.39 is 0 Å². The van der Waals surface area contributed by atoms with E-state index in [9.17, 15) is 0 Å². The molecule has 1 N–H and O–H groups in total. The molecular formula is C46H85NO2. The predicted octanol–water partition coefficient (Wildman–Crippen LogP) is 14.0. The van der Waals surface area contributed by atoms with Gasteiger partial charge in [0, 0.05) is 38.1 Å². The summed E-state index contributed by atoms with van der Waals surface area (Å²) in [6.07, 6.45) is 55.8. The van der Waals surface area contributed by atoms with E-state index in [1.54, 1.807) is 0 Å². The van der Waals surface area contributed by atoms with Crippen LogP contribution in [0.2, 0.25) is 0 Å². The Bertz CT molecular complexity index is 694. The smallest absolute Gasteiger partial charge is 0.0510 e. The molecule has 0 spiro atoms. The Kier molecular flexibility index (Phi) is 37.1. The third-order valence-electron chi connectivity index (χ3n) is 10.1. The molecule has 0 aromatic heterocycles. The van der Waals surface area contributed by atoms with Crippen molar-refractivity contribution in [2.75, 3.05) is 39.5 Å². The highest BCUT2D eigenvalue weighted by molar-refractivity contribution is 4.93. The maximum absolute atomic E-state index is 6.11. The quantitative estimate of drug-likeness (QED) is 0.0519. The topological polar surface area (TPSA) is 30.5 Å². The van der Waals surface area contributed by atoms with Crippen LogP contribution in [-0.4, -0.2) is 39.5 Å². The lowest BCUT2D eigenvalue weighted by molar-refractivity contribution is 0.0482. The van der Waals surface area contributed by atoms with Crippen LogP contribution in [-0.2, 0) is 9.47 Å². The Morgan fingerprint density at radius 3 is 1.04 bits per heavy atom. The van der Waals surface area contributed by atoms with Gasteiger partial charge < -0.3 is 14.8 Å². The van der Waals surface area contributed by atoms with E-state index in [0.717, 1.165) is 52.4 Å². The van der Waals surface area contributed by atoms with Crippen LogP contribution in [0, 0.1) is 11.8 Å².